The van der Waals surface area contributed by atoms with Crippen molar-refractivity contribution in [2.45, 2.75) is 37.6 Å². The highest BCUT2D eigenvalue weighted by Gasteiger charge is 2.57. The first-order valence-corrected chi connectivity index (χ1v) is 12.5. The lowest BCUT2D eigenvalue weighted by Crippen LogP contribution is -2.65. The minimum absolute atomic E-state index is 0.0764. The van der Waals surface area contributed by atoms with Gasteiger partial charge in [-0.05, 0) is 59.6 Å². The third kappa shape index (κ3) is 2.76. The Bertz CT molecular complexity index is 1350. The highest BCUT2D eigenvalue weighted by Crippen LogP contribution is 2.49. The van der Waals surface area contributed by atoms with E-state index in [1.165, 1.54) is 34.2 Å². The molecule has 1 aliphatic heterocycles. The predicted octanol–water partition coefficient (Wildman–Crippen LogP) is 5.83. The van der Waals surface area contributed by atoms with Crippen LogP contribution >= 0.6 is 0 Å². The van der Waals surface area contributed by atoms with E-state index in [2.05, 4.69) is 65.6 Å². The van der Waals surface area contributed by atoms with Crippen LogP contribution in [0, 0.1) is 11.8 Å². The van der Waals surface area contributed by atoms with Crippen LogP contribution in [0.1, 0.15) is 41.9 Å². The molecule has 0 radical (unpaired) electrons. The van der Waals surface area contributed by atoms with E-state index in [0.717, 1.165) is 37.1 Å². The van der Waals surface area contributed by atoms with Crippen molar-refractivity contribution in [1.82, 2.24) is 0 Å². The van der Waals surface area contributed by atoms with Crippen molar-refractivity contribution in [2.24, 2.45) is 11.8 Å². The molecule has 3 aliphatic carbocycles. The number of fused-ring (bicyclic) bond motifs is 6. The lowest BCUT2D eigenvalue weighted by molar-refractivity contribution is -0.147. The number of benzene rings is 3. The first-order valence-electron chi connectivity index (χ1n) is 12.5. The number of Topliss-reactive ketones (excluding diaryl/α,β-unsaturated/α-hetero) is 2. The summed E-state index contributed by atoms with van der Waals surface area (Å²) in [6, 6.07) is 24.4. The fourth-order valence-electron chi connectivity index (χ4n) is 6.91. The van der Waals surface area contributed by atoms with Gasteiger partial charge in [-0.15, -0.1) is 0 Å². The highest BCUT2D eigenvalue weighted by molar-refractivity contribution is 6.29. The number of anilines is 1. The molecule has 0 amide bonds. The van der Waals surface area contributed by atoms with Crippen LogP contribution in [0.2, 0.25) is 0 Å². The zero-order chi connectivity index (χ0) is 22.8. The summed E-state index contributed by atoms with van der Waals surface area (Å²) in [7, 11) is 0. The molecule has 3 aromatic rings. The number of ketones is 2. The number of nitrogens with zero attached hydrogens (tertiary/aromatic N) is 1. The molecule has 4 aliphatic rings. The summed E-state index contributed by atoms with van der Waals surface area (Å²) in [5, 5.41) is 0. The van der Waals surface area contributed by atoms with Gasteiger partial charge in [-0.3, -0.25) is 9.59 Å². The van der Waals surface area contributed by atoms with E-state index in [1.54, 1.807) is 0 Å². The molecular formula is C31H27NO2. The fourth-order valence-corrected chi connectivity index (χ4v) is 6.91. The molecule has 34 heavy (non-hydrogen) atoms. The van der Waals surface area contributed by atoms with Crippen LogP contribution in [0.5, 0.6) is 0 Å². The summed E-state index contributed by atoms with van der Waals surface area (Å²) in [6.07, 6.45) is 6.54. The van der Waals surface area contributed by atoms with E-state index < -0.39 is 12.0 Å². The monoisotopic (exact) mass is 445 g/mol. The zero-order valence-electron chi connectivity index (χ0n) is 19.1. The minimum atomic E-state index is -0.640. The third-order valence-electron chi connectivity index (χ3n) is 8.48. The molecule has 1 saturated carbocycles. The highest BCUT2D eigenvalue weighted by atomic mass is 16.2. The number of allylic oxidation sites excluding steroid dienone is 1. The average Bonchev–Trinajstić information content (AvgIpc) is 2.89. The molecule has 7 rings (SSSR count). The summed E-state index contributed by atoms with van der Waals surface area (Å²) >= 11 is 0. The Kier molecular flexibility index (Phi) is 4.42. The van der Waals surface area contributed by atoms with Crippen molar-refractivity contribution in [3.63, 3.8) is 0 Å². The summed E-state index contributed by atoms with van der Waals surface area (Å²) in [6.45, 7) is 0.766. The van der Waals surface area contributed by atoms with Gasteiger partial charge in [-0.1, -0.05) is 72.8 Å². The molecule has 0 bridgehead atoms. The second-order valence-corrected chi connectivity index (χ2v) is 10.2. The molecule has 1 heterocycles. The Morgan fingerprint density at radius 3 is 2.32 bits per heavy atom. The summed E-state index contributed by atoms with van der Waals surface area (Å²) < 4.78 is 0. The number of hydrogen-bond acceptors (Lipinski definition) is 3. The maximum Gasteiger partial charge on any atom is 0.174 e. The molecule has 1 fully saturated rings. The first kappa shape index (κ1) is 20.0. The molecular weight excluding hydrogens is 418 g/mol. The number of para-hydroxylation sites is 1. The lowest BCUT2D eigenvalue weighted by Gasteiger charge is -2.49. The van der Waals surface area contributed by atoms with Crippen LogP contribution in [0.3, 0.4) is 0 Å². The van der Waals surface area contributed by atoms with E-state index in [1.807, 2.05) is 18.2 Å². The topological polar surface area (TPSA) is 37.4 Å². The molecule has 2 unspecified atom stereocenters. The third-order valence-corrected chi connectivity index (χ3v) is 8.48. The number of carbonyl (C=O) groups excluding carboxylic acids is 2. The van der Waals surface area contributed by atoms with Gasteiger partial charge in [0, 0.05) is 29.6 Å². The van der Waals surface area contributed by atoms with Crippen molar-refractivity contribution >= 4 is 22.8 Å². The van der Waals surface area contributed by atoms with Gasteiger partial charge in [0.05, 0.1) is 5.92 Å². The van der Waals surface area contributed by atoms with Gasteiger partial charge in [0.25, 0.3) is 0 Å². The molecule has 3 heteroatoms. The van der Waals surface area contributed by atoms with Gasteiger partial charge in [-0.2, -0.15) is 0 Å². The standard InChI is InChI=1S/C31H27NO2/c33-30-28(26-17-19-9-1-3-11-21(19)23-13-5-6-14-24(23)26)31(34)29(30)32-18-20-10-2-4-12-22(20)25-15-7-8-16-27(25)32/h1,3,5-9,11-16,20,26,28-29H,2,4,10,17-18H2. The number of carbonyl (C=O) groups is 2. The van der Waals surface area contributed by atoms with Crippen molar-refractivity contribution < 1.29 is 9.59 Å². The molecule has 0 aromatic heterocycles. The first-order chi connectivity index (χ1) is 16.7. The summed E-state index contributed by atoms with van der Waals surface area (Å²) in [5.74, 6) is -0.0162. The molecule has 0 spiro atoms. The summed E-state index contributed by atoms with van der Waals surface area (Å²) in [4.78, 5) is 29.7. The van der Waals surface area contributed by atoms with Crippen LogP contribution in [0.15, 0.2) is 78.9 Å². The van der Waals surface area contributed by atoms with Crippen LogP contribution in [0.4, 0.5) is 5.69 Å². The van der Waals surface area contributed by atoms with Crippen LogP contribution in [0.25, 0.3) is 16.7 Å². The van der Waals surface area contributed by atoms with Crippen molar-refractivity contribution in [3.8, 4) is 11.1 Å². The second kappa shape index (κ2) is 7.53. The zero-order valence-corrected chi connectivity index (χ0v) is 19.1. The smallest absolute Gasteiger partial charge is 0.174 e. The second-order valence-electron chi connectivity index (χ2n) is 10.2. The normalized spacial score (nSPS) is 27.1. The van der Waals surface area contributed by atoms with E-state index in [-0.39, 0.29) is 17.5 Å². The van der Waals surface area contributed by atoms with Gasteiger partial charge < -0.3 is 4.90 Å². The van der Waals surface area contributed by atoms with Gasteiger partial charge in [0.1, 0.15) is 6.04 Å². The van der Waals surface area contributed by atoms with E-state index >= 15 is 0 Å². The SMILES string of the molecule is O=C1C(C2Cc3ccccc3-c3ccccc32)C(=O)C1N1CC2CCCC=C2c2ccccc21. The van der Waals surface area contributed by atoms with Crippen LogP contribution in [-0.2, 0) is 16.0 Å². The van der Waals surface area contributed by atoms with Crippen molar-refractivity contribution in [2.75, 3.05) is 11.4 Å². The maximum absolute atomic E-state index is 13.8. The van der Waals surface area contributed by atoms with Crippen LogP contribution < -0.4 is 4.90 Å². The average molecular weight is 446 g/mol. The van der Waals surface area contributed by atoms with Gasteiger partial charge in [0.15, 0.2) is 11.6 Å². The Labute approximate surface area is 200 Å². The number of rotatable bonds is 2. The van der Waals surface area contributed by atoms with Crippen molar-refractivity contribution in [3.05, 3.63) is 95.6 Å². The molecule has 0 N–H and O–H groups in total. The van der Waals surface area contributed by atoms with Crippen LogP contribution in [-0.4, -0.2) is 24.2 Å². The Hall–Kier alpha value is -3.46. The minimum Gasteiger partial charge on any atom is -0.354 e. The van der Waals surface area contributed by atoms with E-state index in [0.29, 0.717) is 5.92 Å². The lowest BCUT2D eigenvalue weighted by atomic mass is 9.62. The Balaban J connectivity index is 1.24. The van der Waals surface area contributed by atoms with Gasteiger partial charge >= 0.3 is 0 Å². The maximum atomic E-state index is 13.8. The molecule has 3 nitrogen and oxygen atoms in total. The predicted molar refractivity (Wildman–Crippen MR) is 135 cm³/mol. The molecule has 2 atom stereocenters. The fraction of sp³-hybridized carbons (Fsp3) is 0.290. The Morgan fingerprint density at radius 1 is 0.765 bits per heavy atom. The summed E-state index contributed by atoms with van der Waals surface area (Å²) in [5.41, 5.74) is 8.43. The Morgan fingerprint density at radius 2 is 1.47 bits per heavy atom. The number of hydrogen-bond donors (Lipinski definition) is 0. The largest absolute Gasteiger partial charge is 0.354 e. The van der Waals surface area contributed by atoms with E-state index in [9.17, 15) is 9.59 Å². The van der Waals surface area contributed by atoms with Gasteiger partial charge in [-0.25, -0.2) is 0 Å². The van der Waals surface area contributed by atoms with Crippen molar-refractivity contribution in [1.29, 1.82) is 0 Å². The van der Waals surface area contributed by atoms with Gasteiger partial charge in [0.2, 0.25) is 0 Å². The molecule has 0 saturated heterocycles. The molecule has 168 valence electrons. The van der Waals surface area contributed by atoms with E-state index in [4.69, 9.17) is 0 Å². The molecule has 3 aromatic carbocycles. The quantitative estimate of drug-likeness (QED) is 0.466.